The molecule has 0 spiro atoms. The monoisotopic (exact) mass is 452 g/mol. The number of likely N-dealkylation sites (tertiary alicyclic amines) is 1. The highest BCUT2D eigenvalue weighted by atomic mass is 32.1. The van der Waals surface area contributed by atoms with Gasteiger partial charge in [0.05, 0.1) is 14.2 Å². The largest absolute Gasteiger partial charge is 0.497 e. The van der Waals surface area contributed by atoms with Gasteiger partial charge in [-0.25, -0.2) is 0 Å². The number of hydrogen-bond donors (Lipinski definition) is 1. The fourth-order valence-corrected chi connectivity index (χ4v) is 4.55. The van der Waals surface area contributed by atoms with E-state index in [1.54, 1.807) is 32.4 Å². The van der Waals surface area contributed by atoms with E-state index in [1.807, 2.05) is 35.2 Å². The standard InChI is InChI=1S/C23H24N4O4S/c1-30-18-12-16(13-19(14-18)31-2)23(29)27-10-8-15(9-11-27)21-25-26-22(32-21)20(28)24-17-6-4-3-5-7-17/h3-7,12-15H,8-11H2,1-2H3,(H,24,28). The molecule has 8 nitrogen and oxygen atoms in total. The molecule has 2 heterocycles. The molecule has 1 aliphatic heterocycles. The van der Waals surface area contributed by atoms with Crippen molar-refractivity contribution in [2.75, 3.05) is 32.6 Å². The zero-order chi connectivity index (χ0) is 22.5. The Morgan fingerprint density at radius 3 is 2.28 bits per heavy atom. The summed E-state index contributed by atoms with van der Waals surface area (Å²) < 4.78 is 10.5. The smallest absolute Gasteiger partial charge is 0.286 e. The second kappa shape index (κ2) is 9.78. The van der Waals surface area contributed by atoms with Gasteiger partial charge in [-0.1, -0.05) is 29.5 Å². The van der Waals surface area contributed by atoms with Crippen LogP contribution in [0.25, 0.3) is 0 Å². The summed E-state index contributed by atoms with van der Waals surface area (Å²) in [5.74, 6) is 1.02. The van der Waals surface area contributed by atoms with Crippen LogP contribution in [0.3, 0.4) is 0 Å². The van der Waals surface area contributed by atoms with Crippen molar-refractivity contribution in [2.24, 2.45) is 0 Å². The van der Waals surface area contributed by atoms with Crippen molar-refractivity contribution < 1.29 is 19.1 Å². The van der Waals surface area contributed by atoms with Crippen LogP contribution in [0.1, 0.15) is 43.9 Å². The number of methoxy groups -OCH3 is 2. The van der Waals surface area contributed by atoms with Gasteiger partial charge in [0.25, 0.3) is 11.8 Å². The molecular formula is C23H24N4O4S. The SMILES string of the molecule is COc1cc(OC)cc(C(=O)N2CCC(c3nnc(C(=O)Nc4ccccc4)s3)CC2)c1. The first-order valence-corrected chi connectivity index (χ1v) is 11.1. The van der Waals surface area contributed by atoms with E-state index in [9.17, 15) is 9.59 Å². The van der Waals surface area contributed by atoms with Gasteiger partial charge >= 0.3 is 0 Å². The molecular weight excluding hydrogens is 428 g/mol. The van der Waals surface area contributed by atoms with Gasteiger partial charge in [-0.3, -0.25) is 9.59 Å². The van der Waals surface area contributed by atoms with E-state index >= 15 is 0 Å². The Morgan fingerprint density at radius 1 is 1.00 bits per heavy atom. The summed E-state index contributed by atoms with van der Waals surface area (Å²) in [6.45, 7) is 1.21. The van der Waals surface area contributed by atoms with Gasteiger partial charge in [-0.2, -0.15) is 0 Å². The lowest BCUT2D eigenvalue weighted by Crippen LogP contribution is -2.37. The normalized spacial score (nSPS) is 14.1. The number of para-hydroxylation sites is 1. The summed E-state index contributed by atoms with van der Waals surface area (Å²) in [6.07, 6.45) is 1.53. The summed E-state index contributed by atoms with van der Waals surface area (Å²) >= 11 is 1.31. The number of anilines is 1. The van der Waals surface area contributed by atoms with Gasteiger partial charge in [-0.15, -0.1) is 10.2 Å². The molecule has 0 atom stereocenters. The quantitative estimate of drug-likeness (QED) is 0.611. The number of hydrogen-bond acceptors (Lipinski definition) is 7. The summed E-state index contributed by atoms with van der Waals surface area (Å²) in [7, 11) is 3.12. The third kappa shape index (κ3) is 4.88. The molecule has 0 saturated carbocycles. The van der Waals surface area contributed by atoms with E-state index in [2.05, 4.69) is 15.5 Å². The topological polar surface area (TPSA) is 93.7 Å². The highest BCUT2D eigenvalue weighted by Crippen LogP contribution is 2.31. The maximum absolute atomic E-state index is 13.0. The van der Waals surface area contributed by atoms with Crippen molar-refractivity contribution in [1.29, 1.82) is 0 Å². The number of benzene rings is 2. The first kappa shape index (κ1) is 21.8. The minimum absolute atomic E-state index is 0.0548. The first-order valence-electron chi connectivity index (χ1n) is 10.3. The van der Waals surface area contributed by atoms with Crippen molar-refractivity contribution in [3.8, 4) is 11.5 Å². The van der Waals surface area contributed by atoms with E-state index < -0.39 is 0 Å². The maximum atomic E-state index is 13.0. The molecule has 0 radical (unpaired) electrons. The van der Waals surface area contributed by atoms with Gasteiger partial charge in [0, 0.05) is 36.3 Å². The van der Waals surface area contributed by atoms with Gasteiger partial charge < -0.3 is 19.7 Å². The number of nitrogens with one attached hydrogen (secondary N) is 1. The average Bonchev–Trinajstić information content (AvgIpc) is 3.34. The summed E-state index contributed by atoms with van der Waals surface area (Å²) in [5.41, 5.74) is 1.26. The third-order valence-corrected chi connectivity index (χ3v) is 6.48. The Bertz CT molecular complexity index is 1070. The van der Waals surface area contributed by atoms with Crippen LogP contribution in [-0.4, -0.2) is 54.2 Å². The molecule has 1 fully saturated rings. The number of aromatic nitrogens is 2. The number of nitrogens with zero attached hydrogens (tertiary/aromatic N) is 3. The minimum atomic E-state index is -0.264. The molecule has 166 valence electrons. The Hall–Kier alpha value is -3.46. The van der Waals surface area contributed by atoms with Crippen LogP contribution in [0.15, 0.2) is 48.5 Å². The van der Waals surface area contributed by atoms with Crippen LogP contribution >= 0.6 is 11.3 Å². The van der Waals surface area contributed by atoms with E-state index in [0.717, 1.165) is 23.5 Å². The van der Waals surface area contributed by atoms with Crippen molar-refractivity contribution in [2.45, 2.75) is 18.8 Å². The lowest BCUT2D eigenvalue weighted by atomic mass is 9.97. The zero-order valence-electron chi connectivity index (χ0n) is 17.9. The van der Waals surface area contributed by atoms with Crippen molar-refractivity contribution >= 4 is 28.8 Å². The van der Waals surface area contributed by atoms with Crippen molar-refractivity contribution in [3.05, 3.63) is 64.1 Å². The van der Waals surface area contributed by atoms with Crippen LogP contribution in [0.5, 0.6) is 11.5 Å². The number of amides is 2. The van der Waals surface area contributed by atoms with E-state index in [1.165, 1.54) is 11.3 Å². The Morgan fingerprint density at radius 2 is 1.66 bits per heavy atom. The zero-order valence-corrected chi connectivity index (χ0v) is 18.7. The molecule has 3 aromatic rings. The molecule has 2 aromatic carbocycles. The molecule has 32 heavy (non-hydrogen) atoms. The minimum Gasteiger partial charge on any atom is -0.497 e. The Labute approximate surface area is 190 Å². The number of ether oxygens (including phenoxy) is 2. The lowest BCUT2D eigenvalue weighted by Gasteiger charge is -2.31. The van der Waals surface area contributed by atoms with Crippen LogP contribution in [0, 0.1) is 0 Å². The van der Waals surface area contributed by atoms with Gasteiger partial charge in [-0.05, 0) is 37.1 Å². The number of piperidine rings is 1. The van der Waals surface area contributed by atoms with Crippen LogP contribution in [-0.2, 0) is 0 Å². The van der Waals surface area contributed by atoms with Gasteiger partial charge in [0.2, 0.25) is 5.01 Å². The van der Waals surface area contributed by atoms with Gasteiger partial charge in [0.1, 0.15) is 16.5 Å². The number of carbonyl (C=O) groups excluding carboxylic acids is 2. The predicted octanol–water partition coefficient (Wildman–Crippen LogP) is 3.83. The Balaban J connectivity index is 1.37. The van der Waals surface area contributed by atoms with Crippen LogP contribution in [0.2, 0.25) is 0 Å². The molecule has 0 bridgehead atoms. The van der Waals surface area contributed by atoms with E-state index in [4.69, 9.17) is 9.47 Å². The maximum Gasteiger partial charge on any atom is 0.286 e. The highest BCUT2D eigenvalue weighted by molar-refractivity contribution is 7.13. The van der Waals surface area contributed by atoms with Crippen molar-refractivity contribution in [1.82, 2.24) is 15.1 Å². The molecule has 1 aliphatic rings. The summed E-state index contributed by atoms with van der Waals surface area (Å²) in [4.78, 5) is 27.2. The second-order valence-electron chi connectivity index (χ2n) is 7.43. The van der Waals surface area contributed by atoms with Gasteiger partial charge in [0.15, 0.2) is 0 Å². The van der Waals surface area contributed by atoms with Crippen LogP contribution in [0.4, 0.5) is 5.69 Å². The number of carbonyl (C=O) groups is 2. The predicted molar refractivity (Wildman–Crippen MR) is 122 cm³/mol. The lowest BCUT2D eigenvalue weighted by molar-refractivity contribution is 0.0712. The molecule has 1 N–H and O–H groups in total. The second-order valence-corrected chi connectivity index (χ2v) is 8.44. The third-order valence-electron chi connectivity index (χ3n) is 5.40. The molecule has 9 heteroatoms. The average molecular weight is 453 g/mol. The summed E-state index contributed by atoms with van der Waals surface area (Å²) in [5, 5.41) is 12.3. The summed E-state index contributed by atoms with van der Waals surface area (Å²) in [6, 6.07) is 14.4. The van der Waals surface area contributed by atoms with E-state index in [0.29, 0.717) is 35.2 Å². The van der Waals surface area contributed by atoms with Crippen molar-refractivity contribution in [3.63, 3.8) is 0 Å². The number of rotatable bonds is 6. The highest BCUT2D eigenvalue weighted by Gasteiger charge is 2.28. The molecule has 1 aromatic heterocycles. The Kier molecular flexibility index (Phi) is 6.65. The first-order chi connectivity index (χ1) is 15.6. The molecule has 4 rings (SSSR count). The van der Waals surface area contributed by atoms with Crippen LogP contribution < -0.4 is 14.8 Å². The fraction of sp³-hybridized carbons (Fsp3) is 0.304. The fourth-order valence-electron chi connectivity index (χ4n) is 3.64. The van der Waals surface area contributed by atoms with E-state index in [-0.39, 0.29) is 17.7 Å². The molecule has 2 amide bonds. The molecule has 0 aliphatic carbocycles. The molecule has 0 unspecified atom stereocenters. The molecule has 1 saturated heterocycles.